The van der Waals surface area contributed by atoms with Crippen molar-refractivity contribution in [3.63, 3.8) is 0 Å². The molecule has 0 spiro atoms. The van der Waals surface area contributed by atoms with Gasteiger partial charge in [-0.25, -0.2) is 0 Å². The van der Waals surface area contributed by atoms with Gasteiger partial charge in [-0.2, -0.15) is 0 Å². The Hall–Kier alpha value is 0.346. The first-order valence-electron chi connectivity index (χ1n) is 2.63. The molecule has 0 aromatic carbocycles. The standard InChI is InChI=1S/2C2H8N2.Co/c2*3-1-2-4;/h2*1-4H2;. The van der Waals surface area contributed by atoms with Crippen molar-refractivity contribution in [2.75, 3.05) is 26.2 Å². The Labute approximate surface area is 66.5 Å². The van der Waals surface area contributed by atoms with Gasteiger partial charge in [-0.05, 0) is 0 Å². The van der Waals surface area contributed by atoms with Gasteiger partial charge in [0.25, 0.3) is 0 Å². The first kappa shape index (κ1) is 16.2. The second-order valence-electron chi connectivity index (χ2n) is 1.15. The van der Waals surface area contributed by atoms with E-state index in [1.165, 1.54) is 0 Å². The molecule has 0 rings (SSSR count). The molecule has 0 aliphatic heterocycles. The van der Waals surface area contributed by atoms with Gasteiger partial charge in [-0.3, -0.25) is 0 Å². The zero-order valence-corrected chi connectivity index (χ0v) is 6.51. The van der Waals surface area contributed by atoms with E-state index in [1.807, 2.05) is 0 Å². The van der Waals surface area contributed by atoms with Crippen molar-refractivity contribution in [1.29, 1.82) is 0 Å². The zero-order valence-electron chi connectivity index (χ0n) is 5.47. The number of nitrogens with two attached hydrogens (primary N) is 4. The van der Waals surface area contributed by atoms with Crippen LogP contribution in [-0.2, 0) is 16.8 Å². The van der Waals surface area contributed by atoms with E-state index in [-0.39, 0.29) is 16.8 Å². The number of hydrogen-bond acceptors (Lipinski definition) is 4. The zero-order chi connectivity index (χ0) is 6.83. The van der Waals surface area contributed by atoms with Crippen molar-refractivity contribution >= 4 is 0 Å². The van der Waals surface area contributed by atoms with Crippen molar-refractivity contribution in [1.82, 2.24) is 0 Å². The van der Waals surface area contributed by atoms with Crippen LogP contribution in [0.2, 0.25) is 0 Å². The van der Waals surface area contributed by atoms with Crippen LogP contribution in [0, 0.1) is 0 Å². The Morgan fingerprint density at radius 2 is 0.667 bits per heavy atom. The predicted octanol–water partition coefficient (Wildman–Crippen LogP) is -2.19. The second kappa shape index (κ2) is 23.8. The van der Waals surface area contributed by atoms with Crippen molar-refractivity contribution < 1.29 is 16.8 Å². The second-order valence-corrected chi connectivity index (χ2v) is 1.15. The predicted molar refractivity (Wildman–Crippen MR) is 36.2 cm³/mol. The van der Waals surface area contributed by atoms with E-state index in [0.29, 0.717) is 26.2 Å². The molecule has 0 fully saturated rings. The van der Waals surface area contributed by atoms with Crippen LogP contribution in [0.4, 0.5) is 0 Å². The van der Waals surface area contributed by atoms with E-state index in [1.54, 1.807) is 0 Å². The van der Waals surface area contributed by atoms with E-state index in [2.05, 4.69) is 0 Å². The van der Waals surface area contributed by atoms with E-state index in [0.717, 1.165) is 0 Å². The van der Waals surface area contributed by atoms with Crippen LogP contribution in [0.3, 0.4) is 0 Å². The fourth-order valence-corrected chi connectivity index (χ4v) is 0. The molecule has 0 unspecified atom stereocenters. The molecule has 0 atom stereocenters. The van der Waals surface area contributed by atoms with Crippen molar-refractivity contribution in [3.8, 4) is 0 Å². The molecule has 0 saturated carbocycles. The summed E-state index contributed by atoms with van der Waals surface area (Å²) in [6, 6.07) is 0. The third-order valence-corrected chi connectivity index (χ3v) is 0.333. The minimum atomic E-state index is 0. The summed E-state index contributed by atoms with van der Waals surface area (Å²) in [5.41, 5.74) is 19.6. The molecule has 0 saturated heterocycles. The van der Waals surface area contributed by atoms with E-state index in [4.69, 9.17) is 22.9 Å². The van der Waals surface area contributed by atoms with Gasteiger partial charge in [0, 0.05) is 43.0 Å². The molecule has 61 valence electrons. The molecule has 9 heavy (non-hydrogen) atoms. The van der Waals surface area contributed by atoms with Gasteiger partial charge in [0.05, 0.1) is 0 Å². The summed E-state index contributed by atoms with van der Waals surface area (Å²) in [5, 5.41) is 0. The van der Waals surface area contributed by atoms with Gasteiger partial charge in [-0.1, -0.05) is 0 Å². The van der Waals surface area contributed by atoms with Gasteiger partial charge in [0.15, 0.2) is 0 Å². The Bertz CT molecular complexity index is 20.5. The molecule has 4 nitrogen and oxygen atoms in total. The quantitative estimate of drug-likeness (QED) is 0.386. The molecule has 0 heterocycles. The molecule has 5 heteroatoms. The van der Waals surface area contributed by atoms with Crippen LogP contribution in [-0.4, -0.2) is 26.2 Å². The third kappa shape index (κ3) is 61.1. The SMILES string of the molecule is NCCN.NCCN.[Co]. The average Bonchev–Trinajstić information content (AvgIpc) is 1.88. The minimum absolute atomic E-state index is 0. The van der Waals surface area contributed by atoms with Crippen LogP contribution in [0.15, 0.2) is 0 Å². The molecular weight excluding hydrogens is 163 g/mol. The summed E-state index contributed by atoms with van der Waals surface area (Å²) in [6.45, 7) is 2.39. The first-order valence-corrected chi connectivity index (χ1v) is 2.63. The van der Waals surface area contributed by atoms with Crippen molar-refractivity contribution in [2.45, 2.75) is 0 Å². The van der Waals surface area contributed by atoms with Gasteiger partial charge in [-0.15, -0.1) is 0 Å². The largest absolute Gasteiger partial charge is 0.329 e. The molecular formula is C4H16CoN4. The van der Waals surface area contributed by atoms with E-state index < -0.39 is 0 Å². The van der Waals surface area contributed by atoms with Gasteiger partial charge in [0.2, 0.25) is 0 Å². The summed E-state index contributed by atoms with van der Waals surface area (Å²) in [5.74, 6) is 0. The maximum absolute atomic E-state index is 4.90. The molecule has 0 aliphatic rings. The Morgan fingerprint density at radius 3 is 0.667 bits per heavy atom. The Kier molecular flexibility index (Phi) is 42.8. The van der Waals surface area contributed by atoms with E-state index in [9.17, 15) is 0 Å². The molecule has 0 aromatic heterocycles. The minimum Gasteiger partial charge on any atom is -0.329 e. The maximum atomic E-state index is 4.90. The number of rotatable bonds is 2. The van der Waals surface area contributed by atoms with Gasteiger partial charge < -0.3 is 22.9 Å². The molecule has 0 amide bonds. The van der Waals surface area contributed by atoms with E-state index >= 15 is 0 Å². The molecule has 8 N–H and O–H groups in total. The third-order valence-electron chi connectivity index (χ3n) is 0.333. The summed E-state index contributed by atoms with van der Waals surface area (Å²) in [4.78, 5) is 0. The summed E-state index contributed by atoms with van der Waals surface area (Å²) in [6.07, 6.45) is 0. The summed E-state index contributed by atoms with van der Waals surface area (Å²) in [7, 11) is 0. The van der Waals surface area contributed by atoms with Crippen molar-refractivity contribution in [2.24, 2.45) is 22.9 Å². The van der Waals surface area contributed by atoms with Gasteiger partial charge in [0.1, 0.15) is 0 Å². The smallest absolute Gasteiger partial charge is 0.00461 e. The molecule has 1 radical (unpaired) electrons. The maximum Gasteiger partial charge on any atom is 0.00461 e. The monoisotopic (exact) mass is 179 g/mol. The van der Waals surface area contributed by atoms with Crippen LogP contribution < -0.4 is 22.9 Å². The summed E-state index contributed by atoms with van der Waals surface area (Å²) < 4.78 is 0. The fourth-order valence-electron chi connectivity index (χ4n) is 0. The Morgan fingerprint density at radius 1 is 0.556 bits per heavy atom. The molecule has 0 aliphatic carbocycles. The van der Waals surface area contributed by atoms with Crippen LogP contribution in [0.5, 0.6) is 0 Å². The molecule has 0 bridgehead atoms. The van der Waals surface area contributed by atoms with Gasteiger partial charge >= 0.3 is 0 Å². The first-order chi connectivity index (χ1) is 3.83. The average molecular weight is 179 g/mol. The van der Waals surface area contributed by atoms with Crippen LogP contribution >= 0.6 is 0 Å². The fraction of sp³-hybridized carbons (Fsp3) is 1.00. The summed E-state index contributed by atoms with van der Waals surface area (Å²) >= 11 is 0. The van der Waals surface area contributed by atoms with Crippen LogP contribution in [0.1, 0.15) is 0 Å². The number of hydrogen-bond donors (Lipinski definition) is 4. The van der Waals surface area contributed by atoms with Crippen molar-refractivity contribution in [3.05, 3.63) is 0 Å². The Balaban J connectivity index is -0.0000000720. The van der Waals surface area contributed by atoms with Crippen LogP contribution in [0.25, 0.3) is 0 Å². The molecule has 0 aromatic rings. The normalized spacial score (nSPS) is 6.67. The topological polar surface area (TPSA) is 104 Å².